The second-order valence-corrected chi connectivity index (χ2v) is 3.92. The van der Waals surface area contributed by atoms with Gasteiger partial charge in [0.15, 0.2) is 0 Å². The van der Waals surface area contributed by atoms with Gasteiger partial charge in [0, 0.05) is 0 Å². The molecule has 1 nitrogen and oxygen atoms in total. The predicted octanol–water partition coefficient (Wildman–Crippen LogP) is 3.25. The molecule has 70 valence electrons. The lowest BCUT2D eigenvalue weighted by Gasteiger charge is -2.13. The minimum Gasteiger partial charge on any atom is -0.491 e. The zero-order valence-electron chi connectivity index (χ0n) is 8.07. The van der Waals surface area contributed by atoms with Crippen LogP contribution in [0.25, 0.3) is 0 Å². The molecule has 0 amide bonds. The second-order valence-electron chi connectivity index (χ2n) is 3.92. The predicted molar refractivity (Wildman–Crippen MR) is 53.9 cm³/mol. The number of hydrogen-bond donors (Lipinski definition) is 0. The van der Waals surface area contributed by atoms with E-state index in [2.05, 4.69) is 6.92 Å². The Labute approximate surface area is 79.7 Å². The first-order chi connectivity index (χ1) is 6.34. The number of benzene rings is 1. The molecule has 1 aromatic rings. The van der Waals surface area contributed by atoms with Crippen molar-refractivity contribution in [3.63, 3.8) is 0 Å². The van der Waals surface area contributed by atoms with Crippen LogP contribution in [0.5, 0.6) is 5.75 Å². The summed E-state index contributed by atoms with van der Waals surface area (Å²) in [6.45, 7) is 2.16. The van der Waals surface area contributed by atoms with Gasteiger partial charge in [0.05, 0.1) is 6.10 Å². The molecule has 0 bridgehead atoms. The van der Waals surface area contributed by atoms with E-state index < -0.39 is 0 Å². The fourth-order valence-corrected chi connectivity index (χ4v) is 1.60. The van der Waals surface area contributed by atoms with E-state index >= 15 is 0 Å². The number of hydrogen-bond acceptors (Lipinski definition) is 1. The van der Waals surface area contributed by atoms with Crippen molar-refractivity contribution in [3.05, 3.63) is 30.3 Å². The molecule has 0 saturated heterocycles. The Kier molecular flexibility index (Phi) is 2.53. The highest BCUT2D eigenvalue weighted by atomic mass is 16.5. The van der Waals surface area contributed by atoms with Crippen LogP contribution in [-0.4, -0.2) is 6.10 Å². The van der Waals surface area contributed by atoms with Gasteiger partial charge in [-0.25, -0.2) is 0 Å². The van der Waals surface area contributed by atoms with Crippen LogP contribution in [-0.2, 0) is 0 Å². The number of ether oxygens (including phenoxy) is 1. The van der Waals surface area contributed by atoms with Gasteiger partial charge in [0.2, 0.25) is 0 Å². The van der Waals surface area contributed by atoms with Crippen LogP contribution >= 0.6 is 0 Å². The highest BCUT2D eigenvalue weighted by molar-refractivity contribution is 5.21. The van der Waals surface area contributed by atoms with Gasteiger partial charge >= 0.3 is 0 Å². The maximum Gasteiger partial charge on any atom is 0.119 e. The third kappa shape index (κ3) is 2.76. The molecule has 1 aliphatic rings. The molecular weight excluding hydrogens is 160 g/mol. The summed E-state index contributed by atoms with van der Waals surface area (Å²) in [5, 5.41) is 0. The van der Waals surface area contributed by atoms with Gasteiger partial charge in [-0.05, 0) is 31.4 Å². The van der Waals surface area contributed by atoms with Crippen molar-refractivity contribution in [2.24, 2.45) is 5.92 Å². The quantitative estimate of drug-likeness (QED) is 0.684. The lowest BCUT2D eigenvalue weighted by Crippen LogP contribution is -2.12. The maximum atomic E-state index is 5.77. The Bertz CT molecular complexity index is 251. The summed E-state index contributed by atoms with van der Waals surface area (Å²) in [6.07, 6.45) is 4.40. The summed E-state index contributed by atoms with van der Waals surface area (Å²) in [7, 11) is 0. The van der Waals surface area contributed by atoms with Crippen LogP contribution in [0.15, 0.2) is 30.3 Å². The van der Waals surface area contributed by atoms with Crippen LogP contribution in [0.4, 0.5) is 0 Å². The lowest BCUT2D eigenvalue weighted by atomic mass is 10.2. The van der Waals surface area contributed by atoms with Gasteiger partial charge in [0.25, 0.3) is 0 Å². The van der Waals surface area contributed by atoms with Crippen LogP contribution in [0, 0.1) is 5.92 Å². The average Bonchev–Trinajstić information content (AvgIpc) is 2.90. The molecule has 0 aliphatic heterocycles. The van der Waals surface area contributed by atoms with Crippen molar-refractivity contribution >= 4 is 0 Å². The molecule has 0 heterocycles. The topological polar surface area (TPSA) is 9.23 Å². The molecule has 0 aromatic heterocycles. The normalized spacial score (nSPS) is 18.2. The minimum atomic E-state index is 0.370. The van der Waals surface area contributed by atoms with Crippen molar-refractivity contribution in [3.8, 4) is 5.75 Å². The third-order valence-electron chi connectivity index (χ3n) is 2.44. The zero-order chi connectivity index (χ0) is 9.10. The molecule has 0 spiro atoms. The standard InChI is InChI=1S/C12H16O/c1-10(9-11-7-8-11)13-12-5-3-2-4-6-12/h2-6,10-11H,7-9H2,1H3. The van der Waals surface area contributed by atoms with E-state index in [0.717, 1.165) is 11.7 Å². The van der Waals surface area contributed by atoms with Crippen molar-refractivity contribution in [1.29, 1.82) is 0 Å². The molecule has 1 saturated carbocycles. The van der Waals surface area contributed by atoms with Gasteiger partial charge in [-0.15, -0.1) is 0 Å². The third-order valence-corrected chi connectivity index (χ3v) is 2.44. The number of para-hydroxylation sites is 1. The van der Waals surface area contributed by atoms with E-state index in [-0.39, 0.29) is 0 Å². The SMILES string of the molecule is CC(CC1CC1)Oc1ccccc1. The van der Waals surface area contributed by atoms with E-state index in [1.807, 2.05) is 30.3 Å². The molecule has 1 unspecified atom stereocenters. The van der Waals surface area contributed by atoms with Crippen molar-refractivity contribution in [2.45, 2.75) is 32.3 Å². The highest BCUT2D eigenvalue weighted by Crippen LogP contribution is 2.34. The first-order valence-corrected chi connectivity index (χ1v) is 5.06. The molecule has 1 aromatic carbocycles. The van der Waals surface area contributed by atoms with Crippen LogP contribution < -0.4 is 4.74 Å². The molecular formula is C12H16O. The first-order valence-electron chi connectivity index (χ1n) is 5.06. The molecule has 1 atom stereocenters. The van der Waals surface area contributed by atoms with Crippen molar-refractivity contribution in [2.75, 3.05) is 0 Å². The largest absolute Gasteiger partial charge is 0.491 e. The lowest BCUT2D eigenvalue weighted by molar-refractivity contribution is 0.203. The van der Waals surface area contributed by atoms with Crippen molar-refractivity contribution < 1.29 is 4.74 Å². The van der Waals surface area contributed by atoms with Crippen LogP contribution in [0.2, 0.25) is 0 Å². The van der Waals surface area contributed by atoms with Gasteiger partial charge in [-0.1, -0.05) is 31.0 Å². The molecule has 1 heteroatoms. The second kappa shape index (κ2) is 3.82. The average molecular weight is 176 g/mol. The summed E-state index contributed by atoms with van der Waals surface area (Å²) in [5.41, 5.74) is 0. The van der Waals surface area contributed by atoms with Gasteiger partial charge in [-0.2, -0.15) is 0 Å². The molecule has 2 rings (SSSR count). The van der Waals surface area contributed by atoms with Crippen molar-refractivity contribution in [1.82, 2.24) is 0 Å². The maximum absolute atomic E-state index is 5.77. The Morgan fingerprint density at radius 1 is 1.31 bits per heavy atom. The van der Waals surface area contributed by atoms with E-state index in [4.69, 9.17) is 4.74 Å². The zero-order valence-corrected chi connectivity index (χ0v) is 8.07. The Hall–Kier alpha value is -0.980. The Balaban J connectivity index is 1.82. The highest BCUT2D eigenvalue weighted by Gasteiger charge is 2.24. The molecule has 0 radical (unpaired) electrons. The van der Waals surface area contributed by atoms with Crippen LogP contribution in [0.1, 0.15) is 26.2 Å². The van der Waals surface area contributed by atoms with E-state index in [9.17, 15) is 0 Å². The fraction of sp³-hybridized carbons (Fsp3) is 0.500. The summed E-state index contributed by atoms with van der Waals surface area (Å²) >= 11 is 0. The molecule has 1 aliphatic carbocycles. The summed E-state index contributed by atoms with van der Waals surface area (Å²) in [6, 6.07) is 10.1. The van der Waals surface area contributed by atoms with Crippen LogP contribution in [0.3, 0.4) is 0 Å². The van der Waals surface area contributed by atoms with Gasteiger partial charge < -0.3 is 4.74 Å². The molecule has 1 fully saturated rings. The molecule has 0 N–H and O–H groups in total. The smallest absolute Gasteiger partial charge is 0.119 e. The minimum absolute atomic E-state index is 0.370. The van der Waals surface area contributed by atoms with E-state index in [1.165, 1.54) is 19.3 Å². The van der Waals surface area contributed by atoms with Gasteiger partial charge in [0.1, 0.15) is 5.75 Å². The monoisotopic (exact) mass is 176 g/mol. The summed E-state index contributed by atoms with van der Waals surface area (Å²) in [4.78, 5) is 0. The number of rotatable bonds is 4. The molecule has 13 heavy (non-hydrogen) atoms. The fourth-order valence-electron chi connectivity index (χ4n) is 1.60. The first kappa shape index (κ1) is 8.61. The Morgan fingerprint density at radius 2 is 2.00 bits per heavy atom. The summed E-state index contributed by atoms with van der Waals surface area (Å²) < 4.78 is 5.77. The van der Waals surface area contributed by atoms with E-state index in [0.29, 0.717) is 6.10 Å². The van der Waals surface area contributed by atoms with E-state index in [1.54, 1.807) is 0 Å². The Morgan fingerprint density at radius 3 is 2.62 bits per heavy atom. The van der Waals surface area contributed by atoms with Gasteiger partial charge in [-0.3, -0.25) is 0 Å². The summed E-state index contributed by atoms with van der Waals surface area (Å²) in [5.74, 6) is 1.94.